The minimum absolute atomic E-state index is 0.167. The summed E-state index contributed by atoms with van der Waals surface area (Å²) in [6.07, 6.45) is 3.08. The largest absolute Gasteiger partial charge is 0.314 e. The zero-order valence-corrected chi connectivity index (χ0v) is 13.0. The second-order valence-electron chi connectivity index (χ2n) is 5.01. The first kappa shape index (κ1) is 15.2. The van der Waals surface area contributed by atoms with E-state index in [2.05, 4.69) is 31.3 Å². The van der Waals surface area contributed by atoms with E-state index >= 15 is 0 Å². The van der Waals surface area contributed by atoms with Gasteiger partial charge in [0.2, 0.25) is 0 Å². The summed E-state index contributed by atoms with van der Waals surface area (Å²) in [5, 5.41) is 3.53. The third kappa shape index (κ3) is 4.43. The molecule has 1 aromatic carbocycles. The Hall–Kier alpha value is -1.19. The Balaban J connectivity index is 2.00. The summed E-state index contributed by atoms with van der Waals surface area (Å²) in [6, 6.07) is 11.7. The Morgan fingerprint density at radius 2 is 1.70 bits per heavy atom. The molecule has 20 heavy (non-hydrogen) atoms. The molecule has 1 heterocycles. The van der Waals surface area contributed by atoms with Crippen molar-refractivity contribution in [1.82, 2.24) is 5.32 Å². The molecule has 3 heteroatoms. The van der Waals surface area contributed by atoms with Crippen LogP contribution in [0.3, 0.4) is 0 Å². The SMILES string of the molecule is CCNC(Cc1ccc(F)cc1)Cc1ccc(CC)s1. The fraction of sp³-hybridized carbons (Fsp3) is 0.412. The molecule has 1 atom stereocenters. The van der Waals surface area contributed by atoms with Crippen LogP contribution in [0.25, 0.3) is 0 Å². The maximum Gasteiger partial charge on any atom is 0.123 e. The molecule has 0 saturated heterocycles. The minimum Gasteiger partial charge on any atom is -0.314 e. The molecule has 0 aliphatic rings. The van der Waals surface area contributed by atoms with Crippen molar-refractivity contribution in [3.8, 4) is 0 Å². The highest BCUT2D eigenvalue weighted by Gasteiger charge is 2.11. The quantitative estimate of drug-likeness (QED) is 0.805. The molecule has 0 aliphatic heterocycles. The Bertz CT molecular complexity index is 518. The monoisotopic (exact) mass is 291 g/mol. The normalized spacial score (nSPS) is 12.6. The zero-order chi connectivity index (χ0) is 14.4. The van der Waals surface area contributed by atoms with Crippen molar-refractivity contribution in [2.24, 2.45) is 0 Å². The molecule has 0 bridgehead atoms. The topological polar surface area (TPSA) is 12.0 Å². The van der Waals surface area contributed by atoms with Crippen LogP contribution in [0.1, 0.15) is 29.2 Å². The van der Waals surface area contributed by atoms with Gasteiger partial charge in [-0.2, -0.15) is 0 Å². The van der Waals surface area contributed by atoms with Gasteiger partial charge in [0.1, 0.15) is 5.82 Å². The van der Waals surface area contributed by atoms with E-state index in [0.29, 0.717) is 6.04 Å². The van der Waals surface area contributed by atoms with Gasteiger partial charge in [-0.1, -0.05) is 26.0 Å². The fourth-order valence-electron chi connectivity index (χ4n) is 2.38. The smallest absolute Gasteiger partial charge is 0.123 e. The summed E-state index contributed by atoms with van der Waals surface area (Å²) in [5.41, 5.74) is 1.18. The van der Waals surface area contributed by atoms with Gasteiger partial charge in [-0.25, -0.2) is 4.39 Å². The molecule has 108 valence electrons. The number of halogens is 1. The highest BCUT2D eigenvalue weighted by atomic mass is 32.1. The Morgan fingerprint density at radius 3 is 2.30 bits per heavy atom. The van der Waals surface area contributed by atoms with Crippen molar-refractivity contribution in [3.63, 3.8) is 0 Å². The maximum absolute atomic E-state index is 12.9. The van der Waals surface area contributed by atoms with E-state index in [1.54, 1.807) is 12.1 Å². The summed E-state index contributed by atoms with van der Waals surface area (Å²) in [4.78, 5) is 2.87. The van der Waals surface area contributed by atoms with Crippen LogP contribution in [-0.4, -0.2) is 12.6 Å². The molecule has 0 saturated carbocycles. The number of benzene rings is 1. The highest BCUT2D eigenvalue weighted by molar-refractivity contribution is 7.11. The Labute approximate surface area is 124 Å². The minimum atomic E-state index is -0.167. The van der Waals surface area contributed by atoms with Crippen molar-refractivity contribution in [3.05, 3.63) is 57.5 Å². The lowest BCUT2D eigenvalue weighted by Crippen LogP contribution is -2.32. The number of nitrogens with one attached hydrogen (secondary N) is 1. The Kier molecular flexibility index (Phi) is 5.74. The second-order valence-corrected chi connectivity index (χ2v) is 6.26. The van der Waals surface area contributed by atoms with Gasteiger partial charge in [0.25, 0.3) is 0 Å². The van der Waals surface area contributed by atoms with E-state index in [0.717, 1.165) is 25.8 Å². The molecule has 0 aliphatic carbocycles. The van der Waals surface area contributed by atoms with Crippen molar-refractivity contribution >= 4 is 11.3 Å². The Morgan fingerprint density at radius 1 is 1.00 bits per heavy atom. The summed E-state index contributed by atoms with van der Waals surface area (Å²) in [5.74, 6) is -0.167. The predicted molar refractivity (Wildman–Crippen MR) is 85.0 cm³/mol. The predicted octanol–water partition coefficient (Wildman–Crippen LogP) is 4.21. The molecule has 0 fully saturated rings. The first-order valence-electron chi connectivity index (χ1n) is 7.26. The highest BCUT2D eigenvalue weighted by Crippen LogP contribution is 2.19. The third-order valence-electron chi connectivity index (χ3n) is 3.40. The summed E-state index contributed by atoms with van der Waals surface area (Å²) in [7, 11) is 0. The van der Waals surface area contributed by atoms with Gasteiger partial charge in [-0.05, 0) is 55.6 Å². The fourth-order valence-corrected chi connectivity index (χ4v) is 3.41. The molecular weight excluding hydrogens is 269 g/mol. The van der Waals surface area contributed by atoms with Crippen LogP contribution < -0.4 is 5.32 Å². The molecule has 1 unspecified atom stereocenters. The molecule has 1 nitrogen and oxygen atoms in total. The number of aryl methyl sites for hydroxylation is 1. The van der Waals surface area contributed by atoms with Crippen molar-refractivity contribution in [2.45, 2.75) is 39.2 Å². The van der Waals surface area contributed by atoms with Crippen LogP contribution in [0.5, 0.6) is 0 Å². The number of rotatable bonds is 7. The lowest BCUT2D eigenvalue weighted by Gasteiger charge is -2.17. The van der Waals surface area contributed by atoms with E-state index in [1.165, 1.54) is 15.3 Å². The summed E-state index contributed by atoms with van der Waals surface area (Å²) < 4.78 is 12.9. The van der Waals surface area contributed by atoms with Crippen LogP contribution in [0.15, 0.2) is 36.4 Å². The molecule has 1 N–H and O–H groups in total. The number of thiophene rings is 1. The summed E-state index contributed by atoms with van der Waals surface area (Å²) >= 11 is 1.90. The van der Waals surface area contributed by atoms with E-state index in [-0.39, 0.29) is 5.82 Å². The molecule has 2 rings (SSSR count). The van der Waals surface area contributed by atoms with Crippen molar-refractivity contribution in [2.75, 3.05) is 6.54 Å². The van der Waals surface area contributed by atoms with E-state index in [9.17, 15) is 4.39 Å². The van der Waals surface area contributed by atoms with E-state index in [1.807, 2.05) is 23.5 Å². The van der Waals surface area contributed by atoms with Crippen molar-refractivity contribution in [1.29, 1.82) is 0 Å². The number of hydrogen-bond acceptors (Lipinski definition) is 2. The molecule has 0 amide bonds. The van der Waals surface area contributed by atoms with E-state index < -0.39 is 0 Å². The zero-order valence-electron chi connectivity index (χ0n) is 12.2. The van der Waals surface area contributed by atoms with Gasteiger partial charge in [-0.15, -0.1) is 11.3 Å². The van der Waals surface area contributed by atoms with Gasteiger partial charge in [0, 0.05) is 15.8 Å². The lowest BCUT2D eigenvalue weighted by atomic mass is 10.0. The van der Waals surface area contributed by atoms with Gasteiger partial charge < -0.3 is 5.32 Å². The number of likely N-dealkylation sites (N-methyl/N-ethyl adjacent to an activating group) is 1. The molecule has 1 aromatic heterocycles. The molecule has 0 spiro atoms. The van der Waals surface area contributed by atoms with Crippen LogP contribution in [0.2, 0.25) is 0 Å². The van der Waals surface area contributed by atoms with Gasteiger partial charge in [0.15, 0.2) is 0 Å². The first-order chi connectivity index (χ1) is 9.71. The van der Waals surface area contributed by atoms with Crippen LogP contribution >= 0.6 is 11.3 Å². The molecule has 2 aromatic rings. The third-order valence-corrected chi connectivity index (χ3v) is 4.65. The average molecular weight is 291 g/mol. The van der Waals surface area contributed by atoms with Crippen LogP contribution in [0, 0.1) is 5.82 Å². The standard InChI is InChI=1S/C17H22FNS/c1-3-16-9-10-17(20-16)12-15(19-4-2)11-13-5-7-14(18)8-6-13/h5-10,15,19H,3-4,11-12H2,1-2H3. The maximum atomic E-state index is 12.9. The van der Waals surface area contributed by atoms with Gasteiger partial charge in [-0.3, -0.25) is 0 Å². The molecular formula is C17H22FNS. The first-order valence-corrected chi connectivity index (χ1v) is 8.08. The molecule has 0 radical (unpaired) electrons. The second kappa shape index (κ2) is 7.55. The average Bonchev–Trinajstić information content (AvgIpc) is 2.89. The van der Waals surface area contributed by atoms with Gasteiger partial charge >= 0.3 is 0 Å². The van der Waals surface area contributed by atoms with Crippen molar-refractivity contribution < 1.29 is 4.39 Å². The number of hydrogen-bond donors (Lipinski definition) is 1. The lowest BCUT2D eigenvalue weighted by molar-refractivity contribution is 0.524. The van der Waals surface area contributed by atoms with E-state index in [4.69, 9.17) is 0 Å². The van der Waals surface area contributed by atoms with Crippen LogP contribution in [-0.2, 0) is 19.3 Å². The van der Waals surface area contributed by atoms with Crippen LogP contribution in [0.4, 0.5) is 4.39 Å². The summed E-state index contributed by atoms with van der Waals surface area (Å²) in [6.45, 7) is 5.28. The van der Waals surface area contributed by atoms with Gasteiger partial charge in [0.05, 0.1) is 0 Å².